The van der Waals surface area contributed by atoms with Crippen molar-refractivity contribution in [3.05, 3.63) is 12.2 Å². The first-order chi connectivity index (χ1) is 7.43. The lowest BCUT2D eigenvalue weighted by atomic mass is 10.1. The van der Waals surface area contributed by atoms with Crippen molar-refractivity contribution in [2.45, 2.75) is 38.1 Å². The van der Waals surface area contributed by atoms with Crippen LogP contribution in [-0.2, 0) is 6.42 Å². The standard InChI is InChI=1S/C11H17N3O/c1-2-8(1)11(9-3-4-9)12-6-5-10-13-7-15-14-10/h7-9,11-12H,1-6H2. The molecule has 2 aliphatic carbocycles. The summed E-state index contributed by atoms with van der Waals surface area (Å²) >= 11 is 0. The molecule has 0 unspecified atom stereocenters. The number of nitrogens with zero attached hydrogens (tertiary/aromatic N) is 2. The Balaban J connectivity index is 1.44. The molecule has 0 saturated heterocycles. The molecule has 0 atom stereocenters. The maximum absolute atomic E-state index is 4.70. The van der Waals surface area contributed by atoms with Crippen LogP contribution in [0.2, 0.25) is 0 Å². The lowest BCUT2D eigenvalue weighted by molar-refractivity contribution is 0.399. The van der Waals surface area contributed by atoms with E-state index in [1.807, 2.05) is 0 Å². The van der Waals surface area contributed by atoms with E-state index >= 15 is 0 Å². The highest BCUT2D eigenvalue weighted by Gasteiger charge is 2.40. The van der Waals surface area contributed by atoms with Gasteiger partial charge in [0.05, 0.1) is 0 Å². The number of aromatic nitrogens is 2. The average Bonchev–Trinajstić information content (AvgIpc) is 3.15. The fraction of sp³-hybridized carbons (Fsp3) is 0.818. The summed E-state index contributed by atoms with van der Waals surface area (Å²) in [6.45, 7) is 0.983. The molecule has 1 aromatic heterocycles. The molecule has 4 heteroatoms. The second-order valence-corrected chi connectivity index (χ2v) is 4.75. The molecular weight excluding hydrogens is 190 g/mol. The van der Waals surface area contributed by atoms with E-state index in [1.54, 1.807) is 0 Å². The minimum atomic E-state index is 0.775. The van der Waals surface area contributed by atoms with Gasteiger partial charge < -0.3 is 9.84 Å². The van der Waals surface area contributed by atoms with Crippen molar-refractivity contribution in [2.24, 2.45) is 11.8 Å². The number of nitrogens with one attached hydrogen (secondary N) is 1. The van der Waals surface area contributed by atoms with Crippen molar-refractivity contribution in [1.29, 1.82) is 0 Å². The third-order valence-electron chi connectivity index (χ3n) is 3.40. The number of hydrogen-bond donors (Lipinski definition) is 1. The lowest BCUT2D eigenvalue weighted by Gasteiger charge is -2.16. The zero-order chi connectivity index (χ0) is 10.1. The SMILES string of the molecule is c1nc(CCNC(C2CC2)C2CC2)no1. The second kappa shape index (κ2) is 3.93. The number of rotatable bonds is 6. The molecule has 3 rings (SSSR count). The summed E-state index contributed by atoms with van der Waals surface area (Å²) in [5.74, 6) is 2.73. The maximum Gasteiger partial charge on any atom is 0.213 e. The molecule has 2 saturated carbocycles. The molecule has 0 amide bonds. The highest BCUT2D eigenvalue weighted by atomic mass is 16.5. The van der Waals surface area contributed by atoms with E-state index in [1.165, 1.54) is 32.1 Å². The first kappa shape index (κ1) is 9.33. The van der Waals surface area contributed by atoms with Crippen LogP contribution in [0.15, 0.2) is 10.9 Å². The first-order valence-electron chi connectivity index (χ1n) is 5.92. The van der Waals surface area contributed by atoms with Crippen molar-refractivity contribution in [2.75, 3.05) is 6.54 Å². The Bertz CT molecular complexity index is 292. The molecule has 0 spiro atoms. The van der Waals surface area contributed by atoms with Gasteiger partial charge in [0.2, 0.25) is 6.39 Å². The molecule has 0 aliphatic heterocycles. The van der Waals surface area contributed by atoms with Crippen molar-refractivity contribution in [3.63, 3.8) is 0 Å². The van der Waals surface area contributed by atoms with Gasteiger partial charge >= 0.3 is 0 Å². The monoisotopic (exact) mass is 207 g/mol. The van der Waals surface area contributed by atoms with E-state index in [-0.39, 0.29) is 0 Å². The fourth-order valence-corrected chi connectivity index (χ4v) is 2.28. The van der Waals surface area contributed by atoms with Crippen LogP contribution in [-0.4, -0.2) is 22.7 Å². The Hall–Kier alpha value is -0.900. The third kappa shape index (κ3) is 2.37. The minimum absolute atomic E-state index is 0.775. The summed E-state index contributed by atoms with van der Waals surface area (Å²) in [6.07, 6.45) is 7.99. The molecule has 0 bridgehead atoms. The van der Waals surface area contributed by atoms with Crippen LogP contribution in [0.25, 0.3) is 0 Å². The van der Waals surface area contributed by atoms with Gasteiger partial charge in [0.1, 0.15) is 0 Å². The minimum Gasteiger partial charge on any atom is -0.343 e. The molecule has 82 valence electrons. The smallest absolute Gasteiger partial charge is 0.213 e. The predicted octanol–water partition coefficient (Wildman–Crippen LogP) is 1.39. The van der Waals surface area contributed by atoms with Gasteiger partial charge in [-0.2, -0.15) is 4.98 Å². The fourth-order valence-electron chi connectivity index (χ4n) is 2.28. The van der Waals surface area contributed by atoms with Crippen molar-refractivity contribution >= 4 is 0 Å². The van der Waals surface area contributed by atoms with E-state index < -0.39 is 0 Å². The molecule has 2 fully saturated rings. The van der Waals surface area contributed by atoms with Crippen LogP contribution >= 0.6 is 0 Å². The summed E-state index contributed by atoms with van der Waals surface area (Å²) in [7, 11) is 0. The van der Waals surface area contributed by atoms with Gasteiger partial charge in [-0.05, 0) is 37.5 Å². The van der Waals surface area contributed by atoms with Crippen LogP contribution in [0.5, 0.6) is 0 Å². The molecule has 1 aromatic rings. The zero-order valence-electron chi connectivity index (χ0n) is 8.85. The molecule has 4 nitrogen and oxygen atoms in total. The molecule has 2 aliphatic rings. The molecule has 0 radical (unpaired) electrons. The van der Waals surface area contributed by atoms with Crippen molar-refractivity contribution in [3.8, 4) is 0 Å². The van der Waals surface area contributed by atoms with Gasteiger partial charge in [-0.25, -0.2) is 0 Å². The Morgan fingerprint density at radius 2 is 2.07 bits per heavy atom. The van der Waals surface area contributed by atoms with Gasteiger partial charge in [-0.1, -0.05) is 5.16 Å². The topological polar surface area (TPSA) is 51.0 Å². The van der Waals surface area contributed by atoms with Crippen molar-refractivity contribution in [1.82, 2.24) is 15.5 Å². The summed E-state index contributed by atoms with van der Waals surface area (Å²) in [6, 6.07) is 0.775. The summed E-state index contributed by atoms with van der Waals surface area (Å²) in [5.41, 5.74) is 0. The molecule has 0 aromatic carbocycles. The van der Waals surface area contributed by atoms with Gasteiger partial charge in [-0.3, -0.25) is 0 Å². The van der Waals surface area contributed by atoms with Crippen molar-refractivity contribution < 1.29 is 4.52 Å². The van der Waals surface area contributed by atoms with E-state index in [4.69, 9.17) is 4.52 Å². The molecule has 15 heavy (non-hydrogen) atoms. The van der Waals surface area contributed by atoms with Crippen LogP contribution in [0, 0.1) is 11.8 Å². The van der Waals surface area contributed by atoms with Crippen LogP contribution in [0.3, 0.4) is 0 Å². The van der Waals surface area contributed by atoms with Gasteiger partial charge in [0.25, 0.3) is 0 Å². The third-order valence-corrected chi connectivity index (χ3v) is 3.40. The van der Waals surface area contributed by atoms with E-state index in [0.717, 1.165) is 36.7 Å². The molecule has 1 heterocycles. The van der Waals surface area contributed by atoms with Crippen LogP contribution in [0.4, 0.5) is 0 Å². The van der Waals surface area contributed by atoms with Gasteiger partial charge in [0.15, 0.2) is 5.82 Å². The lowest BCUT2D eigenvalue weighted by Crippen LogP contribution is -2.34. The zero-order valence-corrected chi connectivity index (χ0v) is 8.85. The van der Waals surface area contributed by atoms with Gasteiger partial charge in [0, 0.05) is 19.0 Å². The quantitative estimate of drug-likeness (QED) is 0.766. The summed E-state index contributed by atoms with van der Waals surface area (Å²) in [5, 5.41) is 7.47. The predicted molar refractivity (Wildman–Crippen MR) is 55.2 cm³/mol. The summed E-state index contributed by atoms with van der Waals surface area (Å²) in [4.78, 5) is 4.02. The van der Waals surface area contributed by atoms with Crippen LogP contribution in [0.1, 0.15) is 31.5 Å². The normalized spacial score (nSPS) is 21.1. The molecular formula is C11H17N3O. The van der Waals surface area contributed by atoms with E-state index in [0.29, 0.717) is 0 Å². The number of hydrogen-bond acceptors (Lipinski definition) is 4. The Morgan fingerprint density at radius 3 is 2.60 bits per heavy atom. The Morgan fingerprint density at radius 1 is 1.33 bits per heavy atom. The van der Waals surface area contributed by atoms with E-state index in [2.05, 4.69) is 15.5 Å². The van der Waals surface area contributed by atoms with E-state index in [9.17, 15) is 0 Å². The highest BCUT2D eigenvalue weighted by molar-refractivity contribution is 4.96. The first-order valence-corrected chi connectivity index (χ1v) is 5.92. The van der Waals surface area contributed by atoms with Gasteiger partial charge in [-0.15, -0.1) is 0 Å². The highest BCUT2D eigenvalue weighted by Crippen LogP contribution is 2.44. The maximum atomic E-state index is 4.70. The average molecular weight is 207 g/mol. The molecule has 1 N–H and O–H groups in total. The Kier molecular flexibility index (Phi) is 2.44. The van der Waals surface area contributed by atoms with Crippen LogP contribution < -0.4 is 5.32 Å². The second-order valence-electron chi connectivity index (χ2n) is 4.75. The largest absolute Gasteiger partial charge is 0.343 e. The summed E-state index contributed by atoms with van der Waals surface area (Å²) < 4.78 is 4.70. The Labute approximate surface area is 89.4 Å².